The zero-order valence-corrected chi connectivity index (χ0v) is 10.5. The highest BCUT2D eigenvalue weighted by molar-refractivity contribution is 7.18. The fourth-order valence-electron chi connectivity index (χ4n) is 1.67. The first kappa shape index (κ1) is 11.6. The lowest BCUT2D eigenvalue weighted by atomic mass is 10.2. The Morgan fingerprint density at radius 2 is 2.05 bits per heavy atom. The molecule has 0 spiro atoms. The van der Waals surface area contributed by atoms with Crippen molar-refractivity contribution in [3.8, 4) is 21.1 Å². The number of hydrogen-bond acceptors (Lipinski definition) is 4. The second-order valence-corrected chi connectivity index (χ2v) is 4.90. The summed E-state index contributed by atoms with van der Waals surface area (Å²) in [6.07, 6.45) is 1.71. The van der Waals surface area contributed by atoms with Gasteiger partial charge >= 0.3 is 5.97 Å². The molecule has 1 aromatic carbocycles. The molecule has 3 aromatic rings. The molecule has 0 saturated carbocycles. The molecule has 5 nitrogen and oxygen atoms in total. The van der Waals surface area contributed by atoms with Crippen LogP contribution in [-0.2, 0) is 0 Å². The number of carbonyl (C=O) groups is 1. The van der Waals surface area contributed by atoms with E-state index in [9.17, 15) is 4.79 Å². The predicted octanol–water partition coefficient (Wildman–Crippen LogP) is 2.90. The molecule has 3 rings (SSSR count). The maximum Gasteiger partial charge on any atom is 0.356 e. The lowest BCUT2D eigenvalue weighted by Gasteiger charge is -1.93. The molecule has 0 atom stereocenters. The minimum Gasteiger partial charge on any atom is -0.476 e. The number of nitrogens with one attached hydrogen (secondary N) is 1. The topological polar surface area (TPSA) is 78.9 Å². The van der Waals surface area contributed by atoms with E-state index in [4.69, 9.17) is 5.11 Å². The van der Waals surface area contributed by atoms with E-state index in [2.05, 4.69) is 15.2 Å². The number of thiazole rings is 1. The van der Waals surface area contributed by atoms with Crippen LogP contribution in [0.2, 0.25) is 0 Å². The van der Waals surface area contributed by atoms with E-state index in [-0.39, 0.29) is 5.69 Å². The van der Waals surface area contributed by atoms with Gasteiger partial charge in [0.15, 0.2) is 5.69 Å². The quantitative estimate of drug-likeness (QED) is 0.767. The lowest BCUT2D eigenvalue weighted by Crippen LogP contribution is -1.95. The number of hydrogen-bond donors (Lipinski definition) is 2. The molecule has 94 valence electrons. The van der Waals surface area contributed by atoms with Crippen molar-refractivity contribution in [1.29, 1.82) is 0 Å². The molecule has 2 aromatic heterocycles. The number of benzene rings is 1. The van der Waals surface area contributed by atoms with Crippen LogP contribution in [-0.4, -0.2) is 26.3 Å². The Balaban J connectivity index is 1.94. The third-order valence-corrected chi connectivity index (χ3v) is 3.67. The van der Waals surface area contributed by atoms with Crippen LogP contribution >= 0.6 is 11.3 Å². The molecule has 0 amide bonds. The molecule has 0 fully saturated rings. The second kappa shape index (κ2) is 4.66. The predicted molar refractivity (Wildman–Crippen MR) is 72.1 cm³/mol. The summed E-state index contributed by atoms with van der Waals surface area (Å²) in [5.74, 6) is -1.05. The Bertz CT molecular complexity index is 718. The molecule has 0 aliphatic heterocycles. The average molecular weight is 271 g/mol. The van der Waals surface area contributed by atoms with Crippen LogP contribution < -0.4 is 0 Å². The van der Waals surface area contributed by atoms with Crippen molar-refractivity contribution >= 4 is 17.3 Å². The number of rotatable bonds is 3. The van der Waals surface area contributed by atoms with Gasteiger partial charge in [0.1, 0.15) is 5.01 Å². The summed E-state index contributed by atoms with van der Waals surface area (Å²) in [4.78, 5) is 16.0. The van der Waals surface area contributed by atoms with Crippen molar-refractivity contribution in [3.63, 3.8) is 0 Å². The van der Waals surface area contributed by atoms with Gasteiger partial charge in [-0.1, -0.05) is 30.3 Å². The Labute approximate surface area is 112 Å². The zero-order valence-electron chi connectivity index (χ0n) is 9.70. The maximum absolute atomic E-state index is 10.8. The van der Waals surface area contributed by atoms with Crippen LogP contribution in [0.1, 0.15) is 10.5 Å². The summed E-state index contributed by atoms with van der Waals surface area (Å²) in [5, 5.41) is 16.2. The highest BCUT2D eigenvalue weighted by atomic mass is 32.1. The van der Waals surface area contributed by atoms with Crippen molar-refractivity contribution in [1.82, 2.24) is 15.2 Å². The van der Waals surface area contributed by atoms with E-state index in [1.807, 2.05) is 30.3 Å². The Kier molecular flexibility index (Phi) is 2.85. The molecule has 0 unspecified atom stereocenters. The third-order valence-electron chi connectivity index (χ3n) is 2.59. The van der Waals surface area contributed by atoms with Crippen LogP contribution in [0.3, 0.4) is 0 Å². The fraction of sp³-hybridized carbons (Fsp3) is 0. The summed E-state index contributed by atoms with van der Waals surface area (Å²) in [5.41, 5.74) is 1.71. The fourth-order valence-corrected chi connectivity index (χ4v) is 2.56. The van der Waals surface area contributed by atoms with E-state index >= 15 is 0 Å². The summed E-state index contributed by atoms with van der Waals surface area (Å²) < 4.78 is 0. The van der Waals surface area contributed by atoms with Crippen LogP contribution in [0, 0.1) is 0 Å². The molecule has 6 heteroatoms. The summed E-state index contributed by atoms with van der Waals surface area (Å²) in [6, 6.07) is 11.3. The van der Waals surface area contributed by atoms with Gasteiger partial charge in [-0.2, -0.15) is 5.10 Å². The van der Waals surface area contributed by atoms with Gasteiger partial charge in [0, 0.05) is 11.8 Å². The minimum atomic E-state index is -1.05. The summed E-state index contributed by atoms with van der Waals surface area (Å²) in [7, 11) is 0. The van der Waals surface area contributed by atoms with Gasteiger partial charge in [-0.05, 0) is 6.07 Å². The smallest absolute Gasteiger partial charge is 0.356 e. The molecule has 0 saturated heterocycles. The van der Waals surface area contributed by atoms with Gasteiger partial charge in [-0.25, -0.2) is 9.78 Å². The zero-order chi connectivity index (χ0) is 13.2. The van der Waals surface area contributed by atoms with E-state index in [1.54, 1.807) is 6.20 Å². The van der Waals surface area contributed by atoms with Gasteiger partial charge in [0.2, 0.25) is 0 Å². The molecular formula is C13H9N3O2S. The van der Waals surface area contributed by atoms with Gasteiger partial charge in [0.05, 0.1) is 10.6 Å². The molecule has 0 aliphatic carbocycles. The number of nitrogens with zero attached hydrogens (tertiary/aromatic N) is 2. The largest absolute Gasteiger partial charge is 0.476 e. The first-order valence-electron chi connectivity index (χ1n) is 5.54. The van der Waals surface area contributed by atoms with E-state index in [0.29, 0.717) is 5.69 Å². The van der Waals surface area contributed by atoms with E-state index in [0.717, 1.165) is 15.4 Å². The van der Waals surface area contributed by atoms with E-state index < -0.39 is 5.97 Å². The summed E-state index contributed by atoms with van der Waals surface area (Å²) >= 11 is 1.49. The Morgan fingerprint density at radius 1 is 1.26 bits per heavy atom. The maximum atomic E-state index is 10.8. The van der Waals surface area contributed by atoms with Crippen molar-refractivity contribution < 1.29 is 9.90 Å². The first-order chi connectivity index (χ1) is 9.24. The van der Waals surface area contributed by atoms with Crippen LogP contribution in [0.15, 0.2) is 42.6 Å². The monoisotopic (exact) mass is 271 g/mol. The molecule has 19 heavy (non-hydrogen) atoms. The number of aromatic carboxylic acids is 1. The normalized spacial score (nSPS) is 10.5. The highest BCUT2D eigenvalue weighted by Gasteiger charge is 2.12. The number of H-pyrrole nitrogens is 1. The standard InChI is InChI=1S/C13H9N3O2S/c17-13(18)10-6-9(15-16-10)11-7-14-12(19-11)8-4-2-1-3-5-8/h1-7H,(H,15,16)(H,17,18). The first-order valence-corrected chi connectivity index (χ1v) is 6.36. The van der Waals surface area contributed by atoms with E-state index in [1.165, 1.54) is 17.4 Å². The second-order valence-electron chi connectivity index (χ2n) is 3.87. The number of carboxylic acid groups (broad SMARTS) is 1. The molecule has 2 N–H and O–H groups in total. The van der Waals surface area contributed by atoms with Crippen molar-refractivity contribution in [2.75, 3.05) is 0 Å². The number of aromatic amines is 1. The molecule has 0 bridgehead atoms. The minimum absolute atomic E-state index is 0.00432. The Hall–Kier alpha value is -2.47. The number of aromatic nitrogens is 3. The Morgan fingerprint density at radius 3 is 2.74 bits per heavy atom. The highest BCUT2D eigenvalue weighted by Crippen LogP contribution is 2.31. The van der Waals surface area contributed by atoms with Crippen molar-refractivity contribution in [2.45, 2.75) is 0 Å². The van der Waals surface area contributed by atoms with Gasteiger partial charge in [0.25, 0.3) is 0 Å². The van der Waals surface area contributed by atoms with Crippen LogP contribution in [0.25, 0.3) is 21.1 Å². The lowest BCUT2D eigenvalue weighted by molar-refractivity contribution is 0.0690. The summed E-state index contributed by atoms with van der Waals surface area (Å²) in [6.45, 7) is 0. The molecule has 0 aliphatic rings. The molecule has 2 heterocycles. The average Bonchev–Trinajstić information content (AvgIpc) is 3.09. The van der Waals surface area contributed by atoms with Crippen LogP contribution in [0.4, 0.5) is 0 Å². The number of carboxylic acids is 1. The van der Waals surface area contributed by atoms with Gasteiger partial charge < -0.3 is 5.11 Å². The molecular weight excluding hydrogens is 262 g/mol. The van der Waals surface area contributed by atoms with Crippen molar-refractivity contribution in [3.05, 3.63) is 48.3 Å². The van der Waals surface area contributed by atoms with Gasteiger partial charge in [-0.3, -0.25) is 5.10 Å². The third kappa shape index (κ3) is 2.25. The molecule has 0 radical (unpaired) electrons. The van der Waals surface area contributed by atoms with Gasteiger partial charge in [-0.15, -0.1) is 11.3 Å². The van der Waals surface area contributed by atoms with Crippen LogP contribution in [0.5, 0.6) is 0 Å². The SMILES string of the molecule is O=C(O)c1cc(-c2cnc(-c3ccccc3)s2)[nH]n1. The van der Waals surface area contributed by atoms with Crippen molar-refractivity contribution in [2.24, 2.45) is 0 Å².